The van der Waals surface area contributed by atoms with Gasteiger partial charge in [0.2, 0.25) is 0 Å². The van der Waals surface area contributed by atoms with Gasteiger partial charge in [0.25, 0.3) is 0 Å². The number of piperazine rings is 1. The number of carbonyl (C=O) groups excluding carboxylic acids is 3. The van der Waals surface area contributed by atoms with Crippen LogP contribution in [0.3, 0.4) is 0 Å². The number of anilines is 2. The zero-order valence-electron chi connectivity index (χ0n) is 35.7. The fraction of sp³-hybridized carbons (Fsp3) is 0.267. The van der Waals surface area contributed by atoms with Gasteiger partial charge in [-0.1, -0.05) is 24.3 Å². The molecule has 0 saturated carbocycles. The normalized spacial score (nSPS) is 13.8. The van der Waals surface area contributed by atoms with Crippen LogP contribution in [-0.4, -0.2) is 127 Å². The van der Waals surface area contributed by atoms with Gasteiger partial charge in [0.15, 0.2) is 0 Å². The molecule has 1 atom stereocenters. The Hall–Kier alpha value is -8.13. The Balaban J connectivity index is 1.03. The molecule has 7 amide bonds. The third-order valence-corrected chi connectivity index (χ3v) is 10.8. The Morgan fingerprint density at radius 2 is 1.25 bits per heavy atom. The van der Waals surface area contributed by atoms with Crippen molar-refractivity contribution in [2.45, 2.75) is 33.1 Å². The van der Waals surface area contributed by atoms with Gasteiger partial charge in [-0.15, -0.1) is 0 Å². The summed E-state index contributed by atoms with van der Waals surface area (Å²) in [7, 11) is 0. The number of rotatable bonds is 14. The number of hydrogen-bond donors (Lipinski definition) is 7. The topological polar surface area (TPSA) is 256 Å². The lowest BCUT2D eigenvalue weighted by Gasteiger charge is -2.44. The molecular weight excluding hydrogens is 837 g/mol. The van der Waals surface area contributed by atoms with E-state index in [-0.39, 0.29) is 57.7 Å². The second-order valence-electron chi connectivity index (χ2n) is 14.9. The number of carbonyl (C=O) groups is 5. The standard InChI is InChI=1S/C45H48N12O8/c1-3-48-41(58)53-38-21-34-32(28-9-13-46-14-10-28)7-5-30(36(34)24-50-38)23-52-43(60)65-20-19-55-17-18-56(44(61)62)40(27-55)57(45(63)64)26-31-6-8-33(29-11-15-47-16-12-29)35-22-39(51-25-37(31)35)54-42(59)49-4-2/h5-16,21-22,24-25,40H,3-4,17-20,23,26-27H2,1-2H3,(H,52,60)(H,61,62)(H,63,64)(H2,48,50,53,58)(H2,49,51,54,59). The highest BCUT2D eigenvalue weighted by Crippen LogP contribution is 2.34. The molecule has 65 heavy (non-hydrogen) atoms. The summed E-state index contributed by atoms with van der Waals surface area (Å²) in [5.74, 6) is 0.634. The van der Waals surface area contributed by atoms with Crippen molar-refractivity contribution < 1.29 is 38.9 Å². The van der Waals surface area contributed by atoms with Crippen LogP contribution in [0.4, 0.5) is 35.6 Å². The molecule has 2 aromatic carbocycles. The number of nitrogens with zero attached hydrogens (tertiary/aromatic N) is 7. The van der Waals surface area contributed by atoms with E-state index in [4.69, 9.17) is 4.74 Å². The Morgan fingerprint density at radius 3 is 1.77 bits per heavy atom. The molecule has 7 rings (SSSR count). The molecule has 20 nitrogen and oxygen atoms in total. The van der Waals surface area contributed by atoms with E-state index < -0.39 is 30.5 Å². The highest BCUT2D eigenvalue weighted by molar-refractivity contribution is 6.02. The molecule has 7 N–H and O–H groups in total. The number of nitrogens with one attached hydrogen (secondary N) is 5. The maximum Gasteiger partial charge on any atom is 0.409 e. The summed E-state index contributed by atoms with van der Waals surface area (Å²) >= 11 is 0. The van der Waals surface area contributed by atoms with Crippen LogP contribution in [0.1, 0.15) is 25.0 Å². The van der Waals surface area contributed by atoms with Gasteiger partial charge in [0, 0.05) is 93.8 Å². The number of pyridine rings is 4. The van der Waals surface area contributed by atoms with E-state index in [9.17, 15) is 34.2 Å². The third kappa shape index (κ3) is 10.9. The number of alkyl carbamates (subject to hydrolysis) is 1. The first kappa shape index (κ1) is 44.9. The highest BCUT2D eigenvalue weighted by atomic mass is 16.5. The van der Waals surface area contributed by atoms with Gasteiger partial charge in [0.1, 0.15) is 24.4 Å². The van der Waals surface area contributed by atoms with E-state index in [0.717, 1.165) is 48.4 Å². The molecule has 5 heterocycles. The lowest BCUT2D eigenvalue weighted by atomic mass is 9.96. The largest absolute Gasteiger partial charge is 0.465 e. The van der Waals surface area contributed by atoms with Crippen molar-refractivity contribution in [2.75, 3.05) is 56.5 Å². The van der Waals surface area contributed by atoms with Gasteiger partial charge in [-0.2, -0.15) is 0 Å². The van der Waals surface area contributed by atoms with E-state index in [1.165, 1.54) is 0 Å². The maximum absolute atomic E-state index is 13.0. The molecule has 0 bridgehead atoms. The summed E-state index contributed by atoms with van der Waals surface area (Å²) in [5.41, 5.74) is 4.72. The summed E-state index contributed by atoms with van der Waals surface area (Å²) in [6.07, 6.45) is 5.47. The maximum atomic E-state index is 13.0. The first-order valence-electron chi connectivity index (χ1n) is 20.9. The fourth-order valence-electron chi connectivity index (χ4n) is 7.71. The van der Waals surface area contributed by atoms with Gasteiger partial charge in [-0.25, -0.2) is 33.9 Å². The molecule has 1 aliphatic heterocycles. The Morgan fingerprint density at radius 1 is 0.708 bits per heavy atom. The molecule has 20 heteroatoms. The third-order valence-electron chi connectivity index (χ3n) is 10.8. The van der Waals surface area contributed by atoms with E-state index in [1.807, 2.05) is 54.3 Å². The van der Waals surface area contributed by atoms with Crippen LogP contribution >= 0.6 is 0 Å². The SMILES string of the molecule is CCNC(=O)Nc1cc2c(-c3ccncc3)ccc(CNC(=O)OCCN3CCN(C(=O)O)C(N(Cc4ccc(-c5ccncc5)c5cc(NC(=O)NCC)ncc45)C(=O)O)C3)c2cn1. The molecule has 1 saturated heterocycles. The number of urea groups is 2. The number of benzene rings is 2. The minimum atomic E-state index is -1.33. The molecular formula is C45H48N12O8. The molecule has 0 spiro atoms. The molecule has 6 aromatic rings. The lowest BCUT2D eigenvalue weighted by molar-refractivity contribution is -0.0120. The molecule has 1 unspecified atom stereocenters. The van der Waals surface area contributed by atoms with E-state index in [1.54, 1.807) is 62.3 Å². The van der Waals surface area contributed by atoms with Crippen molar-refractivity contribution in [1.29, 1.82) is 0 Å². The zero-order chi connectivity index (χ0) is 45.9. The molecule has 0 aliphatic carbocycles. The highest BCUT2D eigenvalue weighted by Gasteiger charge is 2.37. The Labute approximate surface area is 373 Å². The predicted molar refractivity (Wildman–Crippen MR) is 242 cm³/mol. The average molecular weight is 885 g/mol. The average Bonchev–Trinajstić information content (AvgIpc) is 3.30. The van der Waals surface area contributed by atoms with Crippen LogP contribution in [0, 0.1) is 0 Å². The van der Waals surface area contributed by atoms with Crippen LogP contribution in [0.25, 0.3) is 43.8 Å². The molecule has 0 radical (unpaired) electrons. The molecule has 1 aliphatic rings. The molecule has 4 aromatic heterocycles. The quantitative estimate of drug-likeness (QED) is 0.0642. The summed E-state index contributed by atoms with van der Waals surface area (Å²) in [5, 5.41) is 37.2. The van der Waals surface area contributed by atoms with Crippen molar-refractivity contribution in [2.24, 2.45) is 0 Å². The number of hydrogen-bond acceptors (Lipinski definition) is 11. The Kier molecular flexibility index (Phi) is 14.4. The number of fused-ring (bicyclic) bond motifs is 2. The van der Waals surface area contributed by atoms with Crippen LogP contribution < -0.4 is 26.6 Å². The van der Waals surface area contributed by atoms with Gasteiger partial charge >= 0.3 is 30.3 Å². The summed E-state index contributed by atoms with van der Waals surface area (Å²) < 4.78 is 5.54. The molecule has 1 fully saturated rings. The number of carboxylic acid groups (broad SMARTS) is 2. The first-order chi connectivity index (χ1) is 31.5. The van der Waals surface area contributed by atoms with Crippen LogP contribution in [0.2, 0.25) is 0 Å². The van der Waals surface area contributed by atoms with Gasteiger partial charge in [0.05, 0.1) is 6.54 Å². The zero-order valence-corrected chi connectivity index (χ0v) is 35.7. The summed E-state index contributed by atoms with van der Waals surface area (Å²) in [4.78, 5) is 84.3. The molecule has 336 valence electrons. The minimum Gasteiger partial charge on any atom is -0.465 e. The summed E-state index contributed by atoms with van der Waals surface area (Å²) in [6, 6.07) is 17.5. The van der Waals surface area contributed by atoms with E-state index >= 15 is 0 Å². The van der Waals surface area contributed by atoms with Gasteiger partial charge in [-0.3, -0.25) is 35.3 Å². The number of aromatic nitrogens is 4. The summed E-state index contributed by atoms with van der Waals surface area (Å²) in [6.45, 7) is 4.81. The second-order valence-corrected chi connectivity index (χ2v) is 14.9. The first-order valence-corrected chi connectivity index (χ1v) is 20.9. The van der Waals surface area contributed by atoms with Crippen LogP contribution in [-0.2, 0) is 17.8 Å². The van der Waals surface area contributed by atoms with Gasteiger partial charge in [-0.05, 0) is 94.4 Å². The second kappa shape index (κ2) is 20.8. The monoisotopic (exact) mass is 884 g/mol. The van der Waals surface area contributed by atoms with Crippen molar-refractivity contribution in [3.63, 3.8) is 0 Å². The van der Waals surface area contributed by atoms with Crippen LogP contribution in [0.15, 0.2) is 97.8 Å². The lowest BCUT2D eigenvalue weighted by Crippen LogP contribution is -2.62. The fourth-order valence-corrected chi connectivity index (χ4v) is 7.71. The predicted octanol–water partition coefficient (Wildman–Crippen LogP) is 6.22. The van der Waals surface area contributed by atoms with E-state index in [2.05, 4.69) is 46.5 Å². The van der Waals surface area contributed by atoms with E-state index in [0.29, 0.717) is 35.2 Å². The smallest absolute Gasteiger partial charge is 0.409 e. The van der Waals surface area contributed by atoms with Crippen molar-refractivity contribution >= 4 is 63.5 Å². The minimum absolute atomic E-state index is 0.00518. The van der Waals surface area contributed by atoms with Crippen LogP contribution in [0.5, 0.6) is 0 Å². The van der Waals surface area contributed by atoms with Gasteiger partial charge < -0.3 is 30.9 Å². The van der Waals surface area contributed by atoms with Crippen molar-refractivity contribution in [3.05, 3.63) is 109 Å². The van der Waals surface area contributed by atoms with Crippen molar-refractivity contribution in [1.82, 2.24) is 50.6 Å². The Bertz CT molecular complexity index is 2690. The number of amides is 7. The van der Waals surface area contributed by atoms with Crippen molar-refractivity contribution in [3.8, 4) is 22.3 Å². The number of ether oxygens (including phenoxy) is 1.